The Morgan fingerprint density at radius 1 is 1.38 bits per heavy atom. The van der Waals surface area contributed by atoms with Crippen molar-refractivity contribution in [3.05, 3.63) is 0 Å². The molecule has 0 aromatic carbocycles. The fourth-order valence-corrected chi connectivity index (χ4v) is 1.16. The monoisotopic (exact) mass is 205 g/mol. The van der Waals surface area contributed by atoms with Gasteiger partial charge >= 0.3 is 0 Å². The average Bonchev–Trinajstić information content (AvgIpc) is 2.04. The standard InChI is InChI=1S/C10H20ClNO/c1-9(2)6-8-12-10(13)5-3-4-7-11/h9H,3-8H2,1-2H3,(H,12,13). The van der Waals surface area contributed by atoms with Gasteiger partial charge in [-0.25, -0.2) is 0 Å². The van der Waals surface area contributed by atoms with Crippen LogP contribution in [0, 0.1) is 5.92 Å². The zero-order chi connectivity index (χ0) is 10.1. The van der Waals surface area contributed by atoms with Crippen molar-refractivity contribution in [2.75, 3.05) is 12.4 Å². The predicted molar refractivity (Wildman–Crippen MR) is 57.0 cm³/mol. The minimum atomic E-state index is 0.158. The second kappa shape index (κ2) is 8.36. The van der Waals surface area contributed by atoms with E-state index < -0.39 is 0 Å². The van der Waals surface area contributed by atoms with Crippen LogP contribution in [0.1, 0.15) is 39.5 Å². The van der Waals surface area contributed by atoms with Crippen molar-refractivity contribution in [2.24, 2.45) is 5.92 Å². The van der Waals surface area contributed by atoms with Crippen molar-refractivity contribution < 1.29 is 4.79 Å². The lowest BCUT2D eigenvalue weighted by molar-refractivity contribution is -0.121. The summed E-state index contributed by atoms with van der Waals surface area (Å²) in [5, 5.41) is 2.89. The van der Waals surface area contributed by atoms with E-state index in [1.807, 2.05) is 0 Å². The number of amides is 1. The zero-order valence-electron chi connectivity index (χ0n) is 8.61. The van der Waals surface area contributed by atoms with Gasteiger partial charge < -0.3 is 5.32 Å². The van der Waals surface area contributed by atoms with Crippen LogP contribution in [0.2, 0.25) is 0 Å². The fraction of sp³-hybridized carbons (Fsp3) is 0.900. The maximum atomic E-state index is 11.1. The van der Waals surface area contributed by atoms with Crippen LogP contribution < -0.4 is 5.32 Å². The van der Waals surface area contributed by atoms with E-state index in [4.69, 9.17) is 11.6 Å². The molecule has 2 nitrogen and oxygen atoms in total. The molecule has 0 aromatic rings. The van der Waals surface area contributed by atoms with Crippen molar-refractivity contribution in [1.29, 1.82) is 0 Å². The van der Waals surface area contributed by atoms with Crippen LogP contribution in [0.3, 0.4) is 0 Å². The molecule has 0 fully saturated rings. The Bertz CT molecular complexity index is 137. The largest absolute Gasteiger partial charge is 0.356 e. The second-order valence-corrected chi connectivity index (χ2v) is 4.06. The van der Waals surface area contributed by atoms with Crippen molar-refractivity contribution in [1.82, 2.24) is 5.32 Å². The molecule has 0 aliphatic rings. The molecule has 0 atom stereocenters. The summed E-state index contributed by atoms with van der Waals surface area (Å²) in [5.41, 5.74) is 0. The first kappa shape index (κ1) is 12.8. The summed E-state index contributed by atoms with van der Waals surface area (Å²) in [6.07, 6.45) is 3.50. The number of nitrogens with one attached hydrogen (secondary N) is 1. The highest BCUT2D eigenvalue weighted by atomic mass is 35.5. The van der Waals surface area contributed by atoms with Crippen LogP contribution in [-0.2, 0) is 4.79 Å². The molecule has 0 radical (unpaired) electrons. The van der Waals surface area contributed by atoms with E-state index in [2.05, 4.69) is 19.2 Å². The molecule has 0 saturated carbocycles. The molecule has 0 aliphatic heterocycles. The third kappa shape index (κ3) is 9.68. The highest BCUT2D eigenvalue weighted by molar-refractivity contribution is 6.17. The van der Waals surface area contributed by atoms with E-state index in [0.29, 0.717) is 18.2 Å². The molecule has 0 bridgehead atoms. The van der Waals surface area contributed by atoms with Crippen molar-refractivity contribution in [3.8, 4) is 0 Å². The van der Waals surface area contributed by atoms with Gasteiger partial charge in [0.25, 0.3) is 0 Å². The Labute approximate surface area is 86.0 Å². The minimum Gasteiger partial charge on any atom is -0.356 e. The van der Waals surface area contributed by atoms with Gasteiger partial charge in [0.15, 0.2) is 0 Å². The van der Waals surface area contributed by atoms with Crippen LogP contribution in [0.4, 0.5) is 0 Å². The maximum Gasteiger partial charge on any atom is 0.219 e. The summed E-state index contributed by atoms with van der Waals surface area (Å²) in [6.45, 7) is 5.11. The van der Waals surface area contributed by atoms with E-state index in [9.17, 15) is 4.79 Å². The summed E-state index contributed by atoms with van der Waals surface area (Å²) in [7, 11) is 0. The Balaban J connectivity index is 3.20. The number of hydrogen-bond donors (Lipinski definition) is 1. The first-order valence-corrected chi connectivity index (χ1v) is 5.53. The second-order valence-electron chi connectivity index (χ2n) is 3.68. The van der Waals surface area contributed by atoms with Gasteiger partial charge in [-0.2, -0.15) is 0 Å². The first-order chi connectivity index (χ1) is 6.16. The molecule has 0 spiro atoms. The molecule has 1 N–H and O–H groups in total. The highest BCUT2D eigenvalue weighted by Gasteiger charge is 2.00. The lowest BCUT2D eigenvalue weighted by Gasteiger charge is -2.06. The number of unbranched alkanes of at least 4 members (excludes halogenated alkanes) is 1. The SMILES string of the molecule is CC(C)CCNC(=O)CCCCCl. The van der Waals surface area contributed by atoms with E-state index in [1.54, 1.807) is 0 Å². The molecule has 0 heterocycles. The molecule has 0 unspecified atom stereocenters. The Morgan fingerprint density at radius 2 is 2.08 bits per heavy atom. The minimum absolute atomic E-state index is 0.158. The average molecular weight is 206 g/mol. The predicted octanol–water partition coefficient (Wildman–Crippen LogP) is 2.56. The van der Waals surface area contributed by atoms with Gasteiger partial charge in [0.2, 0.25) is 5.91 Å². The summed E-state index contributed by atoms with van der Waals surface area (Å²) in [4.78, 5) is 11.1. The van der Waals surface area contributed by atoms with Crippen molar-refractivity contribution >= 4 is 17.5 Å². The Morgan fingerprint density at radius 3 is 2.62 bits per heavy atom. The third-order valence-corrected chi connectivity index (χ3v) is 2.10. The number of alkyl halides is 1. The van der Waals surface area contributed by atoms with Crippen LogP contribution >= 0.6 is 11.6 Å². The van der Waals surface area contributed by atoms with Gasteiger partial charge in [-0.05, 0) is 25.2 Å². The molecule has 13 heavy (non-hydrogen) atoms. The summed E-state index contributed by atoms with van der Waals surface area (Å²) >= 11 is 5.50. The lowest BCUT2D eigenvalue weighted by Crippen LogP contribution is -2.24. The van der Waals surface area contributed by atoms with E-state index in [0.717, 1.165) is 25.8 Å². The van der Waals surface area contributed by atoms with Gasteiger partial charge in [-0.15, -0.1) is 11.6 Å². The molecule has 1 amide bonds. The van der Waals surface area contributed by atoms with Crippen LogP contribution in [0.5, 0.6) is 0 Å². The molecule has 3 heteroatoms. The molecular weight excluding hydrogens is 186 g/mol. The van der Waals surface area contributed by atoms with E-state index in [-0.39, 0.29) is 5.91 Å². The number of carbonyl (C=O) groups is 1. The number of carbonyl (C=O) groups excluding carboxylic acids is 1. The van der Waals surface area contributed by atoms with E-state index >= 15 is 0 Å². The van der Waals surface area contributed by atoms with Gasteiger partial charge in [0.05, 0.1) is 0 Å². The lowest BCUT2D eigenvalue weighted by atomic mass is 10.1. The van der Waals surface area contributed by atoms with Gasteiger partial charge in [-0.1, -0.05) is 13.8 Å². The number of halogens is 1. The van der Waals surface area contributed by atoms with Crippen LogP contribution in [0.25, 0.3) is 0 Å². The van der Waals surface area contributed by atoms with Gasteiger partial charge in [0, 0.05) is 18.8 Å². The molecular formula is C10H20ClNO. The van der Waals surface area contributed by atoms with Gasteiger partial charge in [-0.3, -0.25) is 4.79 Å². The molecule has 0 aromatic heterocycles. The molecule has 0 saturated heterocycles. The quantitative estimate of drug-likeness (QED) is 0.503. The molecule has 0 rings (SSSR count). The Hall–Kier alpha value is -0.240. The third-order valence-electron chi connectivity index (χ3n) is 1.83. The smallest absolute Gasteiger partial charge is 0.219 e. The fourth-order valence-electron chi connectivity index (χ4n) is 0.969. The summed E-state index contributed by atoms with van der Waals surface area (Å²) in [6, 6.07) is 0. The van der Waals surface area contributed by atoms with Crippen LogP contribution in [-0.4, -0.2) is 18.3 Å². The number of hydrogen-bond acceptors (Lipinski definition) is 1. The number of rotatable bonds is 7. The van der Waals surface area contributed by atoms with Crippen molar-refractivity contribution in [2.45, 2.75) is 39.5 Å². The highest BCUT2D eigenvalue weighted by Crippen LogP contribution is 1.99. The van der Waals surface area contributed by atoms with E-state index in [1.165, 1.54) is 0 Å². The van der Waals surface area contributed by atoms with Crippen molar-refractivity contribution in [3.63, 3.8) is 0 Å². The first-order valence-electron chi connectivity index (χ1n) is 4.99. The summed E-state index contributed by atoms with van der Waals surface area (Å²) in [5.74, 6) is 1.47. The summed E-state index contributed by atoms with van der Waals surface area (Å²) < 4.78 is 0. The van der Waals surface area contributed by atoms with Crippen LogP contribution in [0.15, 0.2) is 0 Å². The normalized spacial score (nSPS) is 10.5. The molecule has 78 valence electrons. The Kier molecular flexibility index (Phi) is 8.21. The zero-order valence-corrected chi connectivity index (χ0v) is 9.36. The van der Waals surface area contributed by atoms with Gasteiger partial charge in [0.1, 0.15) is 0 Å². The topological polar surface area (TPSA) is 29.1 Å². The molecule has 0 aliphatic carbocycles. The maximum absolute atomic E-state index is 11.1.